The zero-order valence-corrected chi connectivity index (χ0v) is 13.5. The molecule has 0 fully saturated rings. The highest BCUT2D eigenvalue weighted by molar-refractivity contribution is 6.13. The highest BCUT2D eigenvalue weighted by Crippen LogP contribution is 2.29. The minimum Gasteiger partial charge on any atom is -0.508 e. The second-order valence-electron chi connectivity index (χ2n) is 6.05. The average molecular weight is 328 g/mol. The molecule has 0 aliphatic heterocycles. The van der Waals surface area contributed by atoms with E-state index in [1.54, 1.807) is 30.6 Å². The molecule has 122 valence electrons. The molecule has 4 rings (SSSR count). The monoisotopic (exact) mass is 328 g/mol. The zero-order valence-electron chi connectivity index (χ0n) is 13.5. The number of hydrogen-bond acceptors (Lipinski definition) is 4. The number of phenols is 1. The number of hydrogen-bond donors (Lipinski definition) is 1. The Morgan fingerprint density at radius 1 is 0.960 bits per heavy atom. The maximum Gasteiger partial charge on any atom is 0.189 e. The Balaban J connectivity index is 1.61. The van der Waals surface area contributed by atoms with Crippen LogP contribution in [0.2, 0.25) is 0 Å². The normalized spacial score (nSPS) is 15.2. The number of Topliss-reactive ketones (excluding diaryl/α,β-unsaturated/α-hetero) is 1. The first-order valence-electron chi connectivity index (χ1n) is 8.15. The standard InChI is InChI=1S/C21H16N2O2/c24-18-8-9-19-16(11-18)6-7-17(20(19)25)10-14-12-22-21(23-13-14)15-4-2-1-3-5-15/h1-5,8-13,24H,6-7H2/b17-10+. The van der Waals surface area contributed by atoms with Crippen molar-refractivity contribution >= 4 is 11.9 Å². The summed E-state index contributed by atoms with van der Waals surface area (Å²) in [7, 11) is 0. The Bertz CT molecular complexity index is 961. The van der Waals surface area contributed by atoms with E-state index >= 15 is 0 Å². The molecule has 0 unspecified atom stereocenters. The van der Waals surface area contributed by atoms with Gasteiger partial charge in [-0.15, -0.1) is 0 Å². The van der Waals surface area contributed by atoms with Crippen molar-refractivity contribution in [2.75, 3.05) is 0 Å². The van der Waals surface area contributed by atoms with Gasteiger partial charge in [0.2, 0.25) is 0 Å². The van der Waals surface area contributed by atoms with Gasteiger partial charge >= 0.3 is 0 Å². The lowest BCUT2D eigenvalue weighted by atomic mass is 9.86. The molecule has 4 heteroatoms. The maximum absolute atomic E-state index is 12.6. The van der Waals surface area contributed by atoms with E-state index in [0.717, 1.165) is 28.7 Å². The van der Waals surface area contributed by atoms with Gasteiger partial charge < -0.3 is 5.11 Å². The SMILES string of the molecule is O=C1/C(=C/c2cnc(-c3ccccc3)nc2)CCc2cc(O)ccc21. The first-order chi connectivity index (χ1) is 12.2. The molecule has 0 bridgehead atoms. The van der Waals surface area contributed by atoms with Crippen molar-refractivity contribution in [3.63, 3.8) is 0 Å². The van der Waals surface area contributed by atoms with Crippen LogP contribution in [-0.4, -0.2) is 20.9 Å². The molecule has 1 aromatic heterocycles. The van der Waals surface area contributed by atoms with E-state index in [1.165, 1.54) is 0 Å². The van der Waals surface area contributed by atoms with E-state index in [2.05, 4.69) is 9.97 Å². The first kappa shape index (κ1) is 15.3. The third-order valence-corrected chi connectivity index (χ3v) is 4.33. The van der Waals surface area contributed by atoms with Crippen molar-refractivity contribution in [1.29, 1.82) is 0 Å². The van der Waals surface area contributed by atoms with Crippen LogP contribution in [0, 0.1) is 0 Å². The van der Waals surface area contributed by atoms with Crippen LogP contribution in [0.3, 0.4) is 0 Å². The van der Waals surface area contributed by atoms with Gasteiger partial charge in [0, 0.05) is 34.7 Å². The second kappa shape index (κ2) is 6.32. The Morgan fingerprint density at radius 3 is 2.48 bits per heavy atom. The molecule has 0 radical (unpaired) electrons. The predicted octanol–water partition coefficient (Wildman–Crippen LogP) is 4.06. The van der Waals surface area contributed by atoms with Gasteiger partial charge in [-0.3, -0.25) is 4.79 Å². The molecule has 3 aromatic rings. The Labute approximate surface area is 145 Å². The van der Waals surface area contributed by atoms with Crippen molar-refractivity contribution in [2.24, 2.45) is 0 Å². The quantitative estimate of drug-likeness (QED) is 0.721. The minimum absolute atomic E-state index is 0.00776. The number of nitrogens with zero attached hydrogens (tertiary/aromatic N) is 2. The van der Waals surface area contributed by atoms with Gasteiger partial charge in [0.1, 0.15) is 5.75 Å². The summed E-state index contributed by atoms with van der Waals surface area (Å²) in [5, 5.41) is 9.55. The van der Waals surface area contributed by atoms with E-state index in [4.69, 9.17) is 0 Å². The molecule has 2 aromatic carbocycles. The van der Waals surface area contributed by atoms with Crippen LogP contribution in [0.1, 0.15) is 27.9 Å². The molecule has 1 aliphatic carbocycles. The second-order valence-corrected chi connectivity index (χ2v) is 6.05. The summed E-state index contributed by atoms with van der Waals surface area (Å²) in [4.78, 5) is 21.4. The molecule has 1 aliphatic rings. The molecular weight excluding hydrogens is 312 g/mol. The van der Waals surface area contributed by atoms with Crippen molar-refractivity contribution in [3.05, 3.63) is 83.2 Å². The molecule has 0 amide bonds. The minimum atomic E-state index is 0.00776. The summed E-state index contributed by atoms with van der Waals surface area (Å²) in [6, 6.07) is 14.7. The summed E-state index contributed by atoms with van der Waals surface area (Å²) >= 11 is 0. The fraction of sp³-hybridized carbons (Fsp3) is 0.0952. The summed E-state index contributed by atoms with van der Waals surface area (Å²) in [5.74, 6) is 0.871. The highest BCUT2D eigenvalue weighted by Gasteiger charge is 2.22. The third kappa shape index (κ3) is 3.06. The lowest BCUT2D eigenvalue weighted by Gasteiger charge is -2.17. The average Bonchev–Trinajstić information content (AvgIpc) is 2.65. The van der Waals surface area contributed by atoms with E-state index in [9.17, 15) is 9.90 Å². The summed E-state index contributed by atoms with van der Waals surface area (Å²) in [6.07, 6.45) is 6.72. The van der Waals surface area contributed by atoms with Crippen LogP contribution >= 0.6 is 0 Å². The lowest BCUT2D eigenvalue weighted by molar-refractivity contribution is 0.102. The maximum atomic E-state index is 12.6. The molecular formula is C21H16N2O2. The Hall–Kier alpha value is -3.27. The van der Waals surface area contributed by atoms with Gasteiger partial charge in [-0.1, -0.05) is 30.3 Å². The van der Waals surface area contributed by atoms with Crippen LogP contribution in [0.25, 0.3) is 17.5 Å². The number of carbonyl (C=O) groups is 1. The largest absolute Gasteiger partial charge is 0.508 e. The summed E-state index contributed by atoms with van der Waals surface area (Å²) in [5.41, 5.74) is 4.08. The number of ketones is 1. The van der Waals surface area contributed by atoms with Gasteiger partial charge in [-0.2, -0.15) is 0 Å². The molecule has 1 N–H and O–H groups in total. The van der Waals surface area contributed by atoms with Gasteiger partial charge in [0.15, 0.2) is 11.6 Å². The fourth-order valence-electron chi connectivity index (χ4n) is 3.05. The van der Waals surface area contributed by atoms with Crippen molar-refractivity contribution < 1.29 is 9.90 Å². The Morgan fingerprint density at radius 2 is 1.72 bits per heavy atom. The summed E-state index contributed by atoms with van der Waals surface area (Å²) < 4.78 is 0. The number of carbonyl (C=O) groups excluding carboxylic acids is 1. The molecule has 0 saturated heterocycles. The molecule has 0 spiro atoms. The number of benzene rings is 2. The van der Waals surface area contributed by atoms with Crippen LogP contribution in [0.5, 0.6) is 5.75 Å². The number of aromatic hydroxyl groups is 1. The fourth-order valence-corrected chi connectivity index (χ4v) is 3.05. The number of aryl methyl sites for hydroxylation is 1. The highest BCUT2D eigenvalue weighted by atomic mass is 16.3. The van der Waals surface area contributed by atoms with Crippen molar-refractivity contribution in [1.82, 2.24) is 9.97 Å². The van der Waals surface area contributed by atoms with Gasteiger partial charge in [-0.05, 0) is 42.7 Å². The zero-order chi connectivity index (χ0) is 17.2. The van der Waals surface area contributed by atoms with E-state index in [1.807, 2.05) is 36.4 Å². The smallest absolute Gasteiger partial charge is 0.189 e. The van der Waals surface area contributed by atoms with Crippen LogP contribution in [0.4, 0.5) is 0 Å². The molecule has 0 saturated carbocycles. The predicted molar refractivity (Wildman–Crippen MR) is 96.2 cm³/mol. The molecule has 0 atom stereocenters. The number of fused-ring (bicyclic) bond motifs is 1. The van der Waals surface area contributed by atoms with Crippen LogP contribution in [0.15, 0.2) is 66.5 Å². The van der Waals surface area contributed by atoms with Gasteiger partial charge in [0.25, 0.3) is 0 Å². The molecule has 4 nitrogen and oxygen atoms in total. The van der Waals surface area contributed by atoms with Crippen molar-refractivity contribution in [2.45, 2.75) is 12.8 Å². The molecule has 1 heterocycles. The topological polar surface area (TPSA) is 63.1 Å². The van der Waals surface area contributed by atoms with Gasteiger partial charge in [-0.25, -0.2) is 9.97 Å². The lowest BCUT2D eigenvalue weighted by Crippen LogP contribution is -2.13. The molecule has 25 heavy (non-hydrogen) atoms. The number of aromatic nitrogens is 2. The number of allylic oxidation sites excluding steroid dienone is 1. The Kier molecular flexibility index (Phi) is 3.86. The van der Waals surface area contributed by atoms with E-state index < -0.39 is 0 Å². The number of phenolic OH excluding ortho intramolecular Hbond substituents is 1. The van der Waals surface area contributed by atoms with E-state index in [-0.39, 0.29) is 11.5 Å². The van der Waals surface area contributed by atoms with Crippen LogP contribution in [-0.2, 0) is 6.42 Å². The number of rotatable bonds is 2. The first-order valence-corrected chi connectivity index (χ1v) is 8.15. The van der Waals surface area contributed by atoms with Crippen LogP contribution < -0.4 is 0 Å². The van der Waals surface area contributed by atoms with E-state index in [0.29, 0.717) is 17.8 Å². The third-order valence-electron chi connectivity index (χ3n) is 4.33. The summed E-state index contributed by atoms with van der Waals surface area (Å²) in [6.45, 7) is 0. The van der Waals surface area contributed by atoms with Gasteiger partial charge in [0.05, 0.1) is 0 Å². The van der Waals surface area contributed by atoms with Crippen molar-refractivity contribution in [3.8, 4) is 17.1 Å².